The van der Waals surface area contributed by atoms with E-state index >= 15 is 0 Å². The number of nitrogens with two attached hydrogens (primary N) is 1. The third-order valence-corrected chi connectivity index (χ3v) is 6.90. The van der Waals surface area contributed by atoms with E-state index in [-0.39, 0.29) is 11.8 Å². The molecule has 2 aromatic carbocycles. The van der Waals surface area contributed by atoms with Crippen LogP contribution in [0.3, 0.4) is 0 Å². The minimum atomic E-state index is -0.480. The summed E-state index contributed by atoms with van der Waals surface area (Å²) < 4.78 is 5.85. The van der Waals surface area contributed by atoms with Crippen molar-refractivity contribution >= 4 is 23.0 Å². The highest BCUT2D eigenvalue weighted by molar-refractivity contribution is 7.14. The van der Waals surface area contributed by atoms with Crippen LogP contribution in [-0.2, 0) is 11.2 Å². The van der Waals surface area contributed by atoms with Crippen LogP contribution in [0, 0.1) is 0 Å². The van der Waals surface area contributed by atoms with E-state index < -0.39 is 5.91 Å². The lowest BCUT2D eigenvalue weighted by Crippen LogP contribution is -2.33. The van der Waals surface area contributed by atoms with Gasteiger partial charge in [0.15, 0.2) is 5.78 Å². The van der Waals surface area contributed by atoms with E-state index in [1.165, 1.54) is 11.3 Å². The number of ketones is 1. The molecule has 7 heteroatoms. The third-order valence-electron chi connectivity index (χ3n) is 5.80. The first-order valence-electron chi connectivity index (χ1n) is 11.0. The Labute approximate surface area is 197 Å². The maximum absolute atomic E-state index is 12.1. The SMILES string of the molecule is C=C(CN1CCC[C@H]1Cc1nc(-c2ccc(Oc3ccccc3)cc2)c(C(N)=O)s1)C(C)=O. The minimum Gasteiger partial charge on any atom is -0.457 e. The number of benzene rings is 2. The maximum atomic E-state index is 12.1. The first kappa shape index (κ1) is 22.9. The summed E-state index contributed by atoms with van der Waals surface area (Å²) in [6.45, 7) is 6.95. The molecule has 1 saturated heterocycles. The van der Waals surface area contributed by atoms with E-state index in [2.05, 4.69) is 11.5 Å². The predicted octanol–water partition coefficient (Wildman–Crippen LogP) is 4.85. The number of rotatable bonds is 9. The van der Waals surface area contributed by atoms with Crippen LogP contribution in [-0.4, -0.2) is 40.7 Å². The second kappa shape index (κ2) is 10.1. The number of hydrogen-bond donors (Lipinski definition) is 1. The van der Waals surface area contributed by atoms with Gasteiger partial charge in [-0.1, -0.05) is 24.8 Å². The lowest BCUT2D eigenvalue weighted by molar-refractivity contribution is -0.113. The number of primary amides is 1. The molecule has 0 saturated carbocycles. The number of para-hydroxylation sites is 1. The van der Waals surface area contributed by atoms with Gasteiger partial charge in [-0.25, -0.2) is 4.98 Å². The molecule has 1 aliphatic rings. The largest absolute Gasteiger partial charge is 0.457 e. The zero-order valence-electron chi connectivity index (χ0n) is 18.6. The molecule has 1 amide bonds. The molecule has 4 rings (SSSR count). The second-order valence-corrected chi connectivity index (χ2v) is 9.30. The van der Waals surface area contributed by atoms with Crippen molar-refractivity contribution in [2.75, 3.05) is 13.1 Å². The predicted molar refractivity (Wildman–Crippen MR) is 131 cm³/mol. The number of Topliss-reactive ketones (excluding diaryl/α,β-unsaturated/α-hetero) is 1. The molecule has 0 aliphatic carbocycles. The van der Waals surface area contributed by atoms with Crippen molar-refractivity contribution in [3.63, 3.8) is 0 Å². The summed E-state index contributed by atoms with van der Waals surface area (Å²) in [7, 11) is 0. The number of likely N-dealkylation sites (tertiary alicyclic amines) is 1. The molecule has 6 nitrogen and oxygen atoms in total. The zero-order valence-corrected chi connectivity index (χ0v) is 19.4. The number of hydrogen-bond acceptors (Lipinski definition) is 6. The topological polar surface area (TPSA) is 85.5 Å². The summed E-state index contributed by atoms with van der Waals surface area (Å²) in [5, 5.41) is 0.869. The van der Waals surface area contributed by atoms with Crippen LogP contribution in [0.25, 0.3) is 11.3 Å². The van der Waals surface area contributed by atoms with Gasteiger partial charge in [0.1, 0.15) is 16.4 Å². The van der Waals surface area contributed by atoms with Crippen molar-refractivity contribution in [3.8, 4) is 22.8 Å². The molecule has 33 heavy (non-hydrogen) atoms. The molecule has 1 aliphatic heterocycles. The van der Waals surface area contributed by atoms with E-state index in [1.54, 1.807) is 6.92 Å². The molecule has 0 spiro atoms. The number of nitrogens with zero attached hydrogens (tertiary/aromatic N) is 2. The van der Waals surface area contributed by atoms with Gasteiger partial charge in [0.05, 0.1) is 10.7 Å². The Morgan fingerprint density at radius 1 is 1.15 bits per heavy atom. The van der Waals surface area contributed by atoms with Gasteiger partial charge in [-0.3, -0.25) is 14.5 Å². The Morgan fingerprint density at radius 2 is 1.85 bits per heavy atom. The molecule has 3 aromatic rings. The summed E-state index contributed by atoms with van der Waals surface area (Å²) in [6, 6.07) is 17.3. The molecule has 0 radical (unpaired) electrons. The number of ether oxygens (including phenoxy) is 1. The number of thiazole rings is 1. The fourth-order valence-electron chi connectivity index (χ4n) is 4.01. The number of amides is 1. The first-order valence-corrected chi connectivity index (χ1v) is 11.8. The van der Waals surface area contributed by atoms with Crippen LogP contribution in [0.4, 0.5) is 0 Å². The normalized spacial score (nSPS) is 16.0. The smallest absolute Gasteiger partial charge is 0.261 e. The number of carbonyl (C=O) groups is 2. The quantitative estimate of drug-likeness (QED) is 0.460. The van der Waals surface area contributed by atoms with Gasteiger partial charge in [-0.05, 0) is 62.7 Å². The first-order chi connectivity index (χ1) is 15.9. The van der Waals surface area contributed by atoms with Crippen molar-refractivity contribution in [1.82, 2.24) is 9.88 Å². The lowest BCUT2D eigenvalue weighted by Gasteiger charge is -2.24. The van der Waals surface area contributed by atoms with E-state index in [0.29, 0.717) is 34.9 Å². The summed E-state index contributed by atoms with van der Waals surface area (Å²) in [5.41, 5.74) is 7.72. The molecule has 0 bridgehead atoms. The van der Waals surface area contributed by atoms with Crippen LogP contribution in [0.2, 0.25) is 0 Å². The van der Waals surface area contributed by atoms with Crippen LogP contribution in [0.5, 0.6) is 11.5 Å². The van der Waals surface area contributed by atoms with Crippen LogP contribution >= 0.6 is 11.3 Å². The highest BCUT2D eigenvalue weighted by atomic mass is 32.1. The van der Waals surface area contributed by atoms with Gasteiger partial charge < -0.3 is 10.5 Å². The molecule has 1 atom stereocenters. The molecule has 2 heterocycles. The van der Waals surface area contributed by atoms with E-state index in [0.717, 1.165) is 35.7 Å². The Bertz CT molecular complexity index is 1160. The fourth-order valence-corrected chi connectivity index (χ4v) is 5.02. The van der Waals surface area contributed by atoms with Crippen LogP contribution < -0.4 is 10.5 Å². The maximum Gasteiger partial charge on any atom is 0.261 e. The lowest BCUT2D eigenvalue weighted by atomic mass is 10.1. The average molecular weight is 462 g/mol. The van der Waals surface area contributed by atoms with Gasteiger partial charge >= 0.3 is 0 Å². The Morgan fingerprint density at radius 3 is 2.52 bits per heavy atom. The summed E-state index contributed by atoms with van der Waals surface area (Å²) in [4.78, 5) is 31.3. The van der Waals surface area contributed by atoms with Crippen molar-refractivity contribution in [1.29, 1.82) is 0 Å². The highest BCUT2D eigenvalue weighted by Gasteiger charge is 2.28. The molecular formula is C26H27N3O3S. The van der Waals surface area contributed by atoms with E-state index in [4.69, 9.17) is 15.5 Å². The molecule has 1 fully saturated rings. The molecular weight excluding hydrogens is 434 g/mol. The number of aromatic nitrogens is 1. The van der Waals surface area contributed by atoms with E-state index in [1.807, 2.05) is 54.6 Å². The minimum absolute atomic E-state index is 0.0212. The molecule has 0 unspecified atom stereocenters. The van der Waals surface area contributed by atoms with E-state index in [9.17, 15) is 9.59 Å². The Hall–Kier alpha value is -3.29. The molecule has 1 aromatic heterocycles. The summed E-state index contributed by atoms with van der Waals surface area (Å²) >= 11 is 1.35. The third kappa shape index (κ3) is 5.56. The van der Waals surface area contributed by atoms with Gasteiger partial charge in [0.25, 0.3) is 5.91 Å². The summed E-state index contributed by atoms with van der Waals surface area (Å²) in [6.07, 6.45) is 2.81. The van der Waals surface area contributed by atoms with Crippen molar-refractivity contribution in [2.24, 2.45) is 5.73 Å². The van der Waals surface area contributed by atoms with Gasteiger partial charge in [0, 0.05) is 30.1 Å². The molecule has 170 valence electrons. The van der Waals surface area contributed by atoms with Gasteiger partial charge in [0.2, 0.25) is 0 Å². The monoisotopic (exact) mass is 461 g/mol. The fraction of sp³-hybridized carbons (Fsp3) is 0.269. The van der Waals surface area contributed by atoms with Crippen molar-refractivity contribution in [2.45, 2.75) is 32.2 Å². The number of carbonyl (C=O) groups excluding carboxylic acids is 2. The second-order valence-electron chi connectivity index (χ2n) is 8.22. The Kier molecular flexibility index (Phi) is 7.01. The van der Waals surface area contributed by atoms with Gasteiger partial charge in [-0.15, -0.1) is 11.3 Å². The zero-order chi connectivity index (χ0) is 23.4. The Balaban J connectivity index is 1.51. The van der Waals surface area contributed by atoms with Gasteiger partial charge in [-0.2, -0.15) is 0 Å². The standard InChI is InChI=1S/C26H27N3O3S/c1-17(18(2)30)16-29-14-6-7-20(29)15-23-28-24(25(33-23)26(27)31)19-10-12-22(13-11-19)32-21-8-4-3-5-9-21/h3-5,8-13,20H,1,6-7,14-16H2,2H3,(H2,27,31)/t20-/m0/s1. The summed E-state index contributed by atoms with van der Waals surface area (Å²) in [5.74, 6) is 1.00. The van der Waals surface area contributed by atoms with Crippen LogP contribution in [0.15, 0.2) is 66.7 Å². The van der Waals surface area contributed by atoms with Crippen molar-refractivity contribution < 1.29 is 14.3 Å². The highest BCUT2D eigenvalue weighted by Crippen LogP contribution is 2.32. The molecule has 2 N–H and O–H groups in total. The van der Waals surface area contributed by atoms with Crippen molar-refractivity contribution in [3.05, 3.63) is 76.6 Å². The van der Waals surface area contributed by atoms with Crippen LogP contribution in [0.1, 0.15) is 34.4 Å². The average Bonchev–Trinajstić information content (AvgIpc) is 3.42.